The number of benzene rings is 2. The topological polar surface area (TPSA) is 79.3 Å². The molecule has 2 aromatic rings. The molecule has 7 heteroatoms. The molecule has 1 atom stereocenters. The Labute approximate surface area is 233 Å². The van der Waals surface area contributed by atoms with Gasteiger partial charge in [0.15, 0.2) is 0 Å². The molecule has 7 nitrogen and oxygen atoms in total. The van der Waals surface area contributed by atoms with E-state index in [1.807, 2.05) is 24.3 Å². The molecule has 0 radical (unpaired) electrons. The Morgan fingerprint density at radius 2 is 1.36 bits per heavy atom. The molecule has 1 fully saturated rings. The summed E-state index contributed by atoms with van der Waals surface area (Å²) in [7, 11) is 0. The van der Waals surface area contributed by atoms with Gasteiger partial charge in [0.2, 0.25) is 0 Å². The van der Waals surface area contributed by atoms with Gasteiger partial charge in [-0.2, -0.15) is 0 Å². The summed E-state index contributed by atoms with van der Waals surface area (Å²) in [4.78, 5) is 30.5. The van der Waals surface area contributed by atoms with E-state index in [1.165, 1.54) is 0 Å². The van der Waals surface area contributed by atoms with Gasteiger partial charge in [-0.3, -0.25) is 9.59 Å². The van der Waals surface area contributed by atoms with E-state index in [-0.39, 0.29) is 11.3 Å². The van der Waals surface area contributed by atoms with Crippen LogP contribution in [0.3, 0.4) is 0 Å². The van der Waals surface area contributed by atoms with E-state index in [4.69, 9.17) is 9.47 Å². The molecule has 0 aromatic heterocycles. The highest BCUT2D eigenvalue weighted by atomic mass is 16.5. The molecule has 0 saturated carbocycles. The summed E-state index contributed by atoms with van der Waals surface area (Å²) in [5.41, 5.74) is 1.35. The standard InChI is InChI=1S/C32H44N2O5/c1-5-9-22-38-26-16-12-24(13-17-26)29-28(30(35)25-14-18-27(19-15-25)39-23-10-6-2)31(36)32(37)34(29)21-11-20-33(7-3)8-4/h12-19,29,35H,5-11,20-23H2,1-4H3/t29-/m1/s1. The summed E-state index contributed by atoms with van der Waals surface area (Å²) in [5.74, 6) is 0.0279. The molecule has 1 amide bonds. The van der Waals surface area contributed by atoms with Gasteiger partial charge in [0, 0.05) is 12.1 Å². The highest BCUT2D eigenvalue weighted by molar-refractivity contribution is 6.46. The number of amides is 1. The van der Waals surface area contributed by atoms with Crippen LogP contribution < -0.4 is 9.47 Å². The summed E-state index contributed by atoms with van der Waals surface area (Å²) in [5, 5.41) is 11.4. The second kappa shape index (κ2) is 15.3. The van der Waals surface area contributed by atoms with Gasteiger partial charge in [-0.15, -0.1) is 0 Å². The number of aliphatic hydroxyl groups is 1. The predicted molar refractivity (Wildman–Crippen MR) is 155 cm³/mol. The Balaban J connectivity index is 1.93. The van der Waals surface area contributed by atoms with Crippen molar-refractivity contribution in [3.63, 3.8) is 0 Å². The zero-order valence-electron chi connectivity index (χ0n) is 23.9. The molecule has 1 saturated heterocycles. The van der Waals surface area contributed by atoms with Gasteiger partial charge in [0.05, 0.1) is 24.8 Å². The molecule has 212 valence electrons. The van der Waals surface area contributed by atoms with Crippen LogP contribution in [0.1, 0.15) is 77.0 Å². The molecular weight excluding hydrogens is 492 g/mol. The number of aliphatic hydroxyl groups excluding tert-OH is 1. The Kier molecular flexibility index (Phi) is 11.9. The summed E-state index contributed by atoms with van der Waals surface area (Å²) < 4.78 is 11.6. The fourth-order valence-corrected chi connectivity index (χ4v) is 4.74. The van der Waals surface area contributed by atoms with Crippen LogP contribution >= 0.6 is 0 Å². The number of ketones is 1. The third-order valence-electron chi connectivity index (χ3n) is 7.16. The van der Waals surface area contributed by atoms with Crippen molar-refractivity contribution in [2.45, 2.75) is 65.8 Å². The molecule has 0 bridgehead atoms. The second-order valence-corrected chi connectivity index (χ2v) is 9.87. The molecule has 0 unspecified atom stereocenters. The average molecular weight is 537 g/mol. The number of likely N-dealkylation sites (tertiary alicyclic amines) is 1. The number of unbranched alkanes of at least 4 members (excludes halogenated alkanes) is 2. The van der Waals surface area contributed by atoms with E-state index >= 15 is 0 Å². The summed E-state index contributed by atoms with van der Waals surface area (Å²) in [6.07, 6.45) is 4.75. The van der Waals surface area contributed by atoms with Crippen molar-refractivity contribution in [3.8, 4) is 11.5 Å². The molecule has 1 aliphatic rings. The van der Waals surface area contributed by atoms with Crippen LogP contribution in [0.2, 0.25) is 0 Å². The predicted octanol–water partition coefficient (Wildman–Crippen LogP) is 6.20. The number of ether oxygens (including phenoxy) is 2. The third kappa shape index (κ3) is 7.85. The Morgan fingerprint density at radius 1 is 0.821 bits per heavy atom. The first-order valence-corrected chi connectivity index (χ1v) is 14.4. The lowest BCUT2D eigenvalue weighted by Crippen LogP contribution is -2.33. The maximum Gasteiger partial charge on any atom is 0.295 e. The fourth-order valence-electron chi connectivity index (χ4n) is 4.74. The minimum Gasteiger partial charge on any atom is -0.507 e. The van der Waals surface area contributed by atoms with E-state index in [9.17, 15) is 14.7 Å². The van der Waals surface area contributed by atoms with Crippen molar-refractivity contribution >= 4 is 17.4 Å². The van der Waals surface area contributed by atoms with Crippen molar-refractivity contribution < 1.29 is 24.2 Å². The fraction of sp³-hybridized carbons (Fsp3) is 0.500. The van der Waals surface area contributed by atoms with Crippen LogP contribution in [0, 0.1) is 0 Å². The van der Waals surface area contributed by atoms with Crippen molar-refractivity contribution in [2.24, 2.45) is 0 Å². The zero-order chi connectivity index (χ0) is 28.2. The monoisotopic (exact) mass is 536 g/mol. The molecule has 39 heavy (non-hydrogen) atoms. The van der Waals surface area contributed by atoms with E-state index in [0.717, 1.165) is 63.1 Å². The lowest BCUT2D eigenvalue weighted by Gasteiger charge is -2.27. The van der Waals surface area contributed by atoms with Gasteiger partial charge in [0.25, 0.3) is 11.7 Å². The van der Waals surface area contributed by atoms with Crippen LogP contribution in [0.15, 0.2) is 54.1 Å². The van der Waals surface area contributed by atoms with Gasteiger partial charge in [-0.1, -0.05) is 52.7 Å². The van der Waals surface area contributed by atoms with E-state index < -0.39 is 17.7 Å². The second-order valence-electron chi connectivity index (χ2n) is 9.87. The maximum atomic E-state index is 13.3. The number of hydrogen-bond donors (Lipinski definition) is 1. The maximum absolute atomic E-state index is 13.3. The molecule has 2 aromatic carbocycles. The molecule has 0 aliphatic carbocycles. The first-order valence-electron chi connectivity index (χ1n) is 14.4. The number of carbonyl (C=O) groups excluding carboxylic acids is 2. The number of Topliss-reactive ketones (excluding diaryl/α,β-unsaturated/α-hetero) is 1. The third-order valence-corrected chi connectivity index (χ3v) is 7.16. The molecule has 1 heterocycles. The van der Waals surface area contributed by atoms with Crippen LogP contribution in [0.25, 0.3) is 5.76 Å². The minimum atomic E-state index is -0.674. The van der Waals surface area contributed by atoms with Crippen LogP contribution in [-0.2, 0) is 9.59 Å². The van der Waals surface area contributed by atoms with Crippen molar-refractivity contribution in [2.75, 3.05) is 39.4 Å². The van der Waals surface area contributed by atoms with Gasteiger partial charge < -0.3 is 24.4 Å². The van der Waals surface area contributed by atoms with Crippen LogP contribution in [0.4, 0.5) is 0 Å². The highest BCUT2D eigenvalue weighted by Gasteiger charge is 2.45. The number of nitrogens with zero attached hydrogens (tertiary/aromatic N) is 2. The SMILES string of the molecule is CCCCOc1ccc(C(O)=C2C(=O)C(=O)N(CCCN(CC)CC)[C@@H]2c2ccc(OCCCC)cc2)cc1. The van der Waals surface area contributed by atoms with E-state index in [2.05, 4.69) is 32.6 Å². The summed E-state index contributed by atoms with van der Waals surface area (Å²) in [6.45, 7) is 12.8. The van der Waals surface area contributed by atoms with E-state index in [1.54, 1.807) is 29.2 Å². The average Bonchev–Trinajstić information content (AvgIpc) is 3.21. The quantitative estimate of drug-likeness (QED) is 0.119. The van der Waals surface area contributed by atoms with Crippen molar-refractivity contribution in [1.29, 1.82) is 0 Å². The lowest BCUT2D eigenvalue weighted by atomic mass is 9.95. The Hall–Kier alpha value is -3.32. The molecule has 3 rings (SSSR count). The van der Waals surface area contributed by atoms with Gasteiger partial charge >= 0.3 is 0 Å². The molecule has 0 spiro atoms. The number of hydrogen-bond acceptors (Lipinski definition) is 6. The molecule has 1 N–H and O–H groups in total. The van der Waals surface area contributed by atoms with Gasteiger partial charge in [0.1, 0.15) is 17.3 Å². The summed E-state index contributed by atoms with van der Waals surface area (Å²) >= 11 is 0. The Bertz CT molecular complexity index is 1090. The van der Waals surface area contributed by atoms with Gasteiger partial charge in [-0.25, -0.2) is 0 Å². The number of rotatable bonds is 16. The molecule has 1 aliphatic heterocycles. The van der Waals surface area contributed by atoms with Crippen LogP contribution in [0.5, 0.6) is 11.5 Å². The smallest absolute Gasteiger partial charge is 0.295 e. The lowest BCUT2D eigenvalue weighted by molar-refractivity contribution is -0.140. The highest BCUT2D eigenvalue weighted by Crippen LogP contribution is 2.40. The summed E-state index contributed by atoms with van der Waals surface area (Å²) in [6, 6.07) is 13.8. The first kappa shape index (κ1) is 30.2. The Morgan fingerprint density at radius 3 is 1.87 bits per heavy atom. The van der Waals surface area contributed by atoms with Crippen LogP contribution in [-0.4, -0.2) is 66.0 Å². The number of carbonyl (C=O) groups is 2. The normalized spacial score (nSPS) is 16.7. The first-order chi connectivity index (χ1) is 18.9. The largest absolute Gasteiger partial charge is 0.507 e. The minimum absolute atomic E-state index is 0.113. The van der Waals surface area contributed by atoms with Crippen molar-refractivity contribution in [3.05, 3.63) is 65.2 Å². The van der Waals surface area contributed by atoms with E-state index in [0.29, 0.717) is 31.1 Å². The van der Waals surface area contributed by atoms with Gasteiger partial charge in [-0.05, 0) is 80.9 Å². The molecular formula is C32H44N2O5. The van der Waals surface area contributed by atoms with Crippen molar-refractivity contribution in [1.82, 2.24) is 9.80 Å². The zero-order valence-corrected chi connectivity index (χ0v) is 23.9.